The first-order valence-corrected chi connectivity index (χ1v) is 7.05. The molecule has 1 amide bonds. The number of carbonyl (C=O) groups excluding carboxylic acids is 1. The fourth-order valence-electron chi connectivity index (χ4n) is 2.67. The SMILES string of the molecule is CCCC1CCN(CC(=O)Nc2ccc(N)cc2)C1. The van der Waals surface area contributed by atoms with Gasteiger partial charge in [0.1, 0.15) is 0 Å². The highest BCUT2D eigenvalue weighted by Crippen LogP contribution is 2.20. The van der Waals surface area contributed by atoms with Crippen LogP contribution in [-0.4, -0.2) is 30.4 Å². The monoisotopic (exact) mass is 261 g/mol. The van der Waals surface area contributed by atoms with E-state index in [0.29, 0.717) is 12.2 Å². The van der Waals surface area contributed by atoms with E-state index in [1.807, 2.05) is 12.1 Å². The predicted molar refractivity (Wildman–Crippen MR) is 78.9 cm³/mol. The summed E-state index contributed by atoms with van der Waals surface area (Å²) in [6.07, 6.45) is 3.73. The molecule has 1 heterocycles. The third-order valence-electron chi connectivity index (χ3n) is 3.63. The van der Waals surface area contributed by atoms with Crippen LogP contribution in [0.25, 0.3) is 0 Å². The van der Waals surface area contributed by atoms with Gasteiger partial charge >= 0.3 is 0 Å². The Morgan fingerprint density at radius 3 is 2.84 bits per heavy atom. The molecule has 4 nitrogen and oxygen atoms in total. The standard InChI is InChI=1S/C15H23N3O/c1-2-3-12-8-9-18(10-12)11-15(19)17-14-6-4-13(16)5-7-14/h4-7,12H,2-3,8-11,16H2,1H3,(H,17,19). The minimum atomic E-state index is 0.0573. The third-order valence-corrected chi connectivity index (χ3v) is 3.63. The minimum Gasteiger partial charge on any atom is -0.399 e. The molecule has 0 spiro atoms. The molecule has 1 saturated heterocycles. The maximum absolute atomic E-state index is 11.9. The lowest BCUT2D eigenvalue weighted by molar-refractivity contribution is -0.117. The second kappa shape index (κ2) is 6.57. The van der Waals surface area contributed by atoms with Crippen molar-refractivity contribution in [1.82, 2.24) is 4.90 Å². The number of rotatable bonds is 5. The molecule has 0 aromatic heterocycles. The lowest BCUT2D eigenvalue weighted by atomic mass is 10.0. The summed E-state index contributed by atoms with van der Waals surface area (Å²) in [7, 11) is 0. The fraction of sp³-hybridized carbons (Fsp3) is 0.533. The summed E-state index contributed by atoms with van der Waals surface area (Å²) in [6, 6.07) is 7.25. The molecule has 0 bridgehead atoms. The van der Waals surface area contributed by atoms with E-state index in [0.717, 1.165) is 24.7 Å². The maximum Gasteiger partial charge on any atom is 0.238 e. The van der Waals surface area contributed by atoms with E-state index in [2.05, 4.69) is 17.1 Å². The highest BCUT2D eigenvalue weighted by molar-refractivity contribution is 5.92. The molecule has 0 aliphatic carbocycles. The number of carbonyl (C=O) groups is 1. The molecule has 2 rings (SSSR count). The predicted octanol–water partition coefficient (Wildman–Crippen LogP) is 2.33. The molecule has 19 heavy (non-hydrogen) atoms. The molecule has 1 unspecified atom stereocenters. The number of nitrogens with zero attached hydrogens (tertiary/aromatic N) is 1. The largest absolute Gasteiger partial charge is 0.399 e. The topological polar surface area (TPSA) is 58.4 Å². The molecule has 0 radical (unpaired) electrons. The second-order valence-corrected chi connectivity index (χ2v) is 5.35. The third kappa shape index (κ3) is 4.24. The Balaban J connectivity index is 1.77. The van der Waals surface area contributed by atoms with Crippen LogP contribution >= 0.6 is 0 Å². The van der Waals surface area contributed by atoms with Crippen molar-refractivity contribution in [3.63, 3.8) is 0 Å². The van der Waals surface area contributed by atoms with Crippen molar-refractivity contribution in [3.05, 3.63) is 24.3 Å². The summed E-state index contributed by atoms with van der Waals surface area (Å²) in [6.45, 7) is 4.81. The van der Waals surface area contributed by atoms with Crippen LogP contribution in [0.2, 0.25) is 0 Å². The highest BCUT2D eigenvalue weighted by Gasteiger charge is 2.23. The summed E-state index contributed by atoms with van der Waals surface area (Å²) in [5.74, 6) is 0.830. The van der Waals surface area contributed by atoms with E-state index in [9.17, 15) is 4.79 Å². The maximum atomic E-state index is 11.9. The number of amides is 1. The zero-order valence-corrected chi connectivity index (χ0v) is 11.6. The van der Waals surface area contributed by atoms with Crippen molar-refractivity contribution in [2.45, 2.75) is 26.2 Å². The molecule has 0 saturated carbocycles. The molecule has 1 aromatic rings. The van der Waals surface area contributed by atoms with Gasteiger partial charge in [0, 0.05) is 17.9 Å². The highest BCUT2D eigenvalue weighted by atomic mass is 16.2. The van der Waals surface area contributed by atoms with Crippen LogP contribution in [0.15, 0.2) is 24.3 Å². The zero-order valence-electron chi connectivity index (χ0n) is 11.6. The number of benzene rings is 1. The summed E-state index contributed by atoms with van der Waals surface area (Å²) in [5, 5.41) is 2.91. The first-order valence-electron chi connectivity index (χ1n) is 7.05. The van der Waals surface area contributed by atoms with Crippen LogP contribution in [0.5, 0.6) is 0 Å². The smallest absolute Gasteiger partial charge is 0.238 e. The van der Waals surface area contributed by atoms with Crippen LogP contribution < -0.4 is 11.1 Å². The Morgan fingerprint density at radius 2 is 2.16 bits per heavy atom. The van der Waals surface area contributed by atoms with E-state index >= 15 is 0 Å². The van der Waals surface area contributed by atoms with Crippen molar-refractivity contribution in [2.24, 2.45) is 5.92 Å². The van der Waals surface area contributed by atoms with E-state index in [-0.39, 0.29) is 5.91 Å². The van der Waals surface area contributed by atoms with Gasteiger partial charge in [0.2, 0.25) is 5.91 Å². The van der Waals surface area contributed by atoms with Crippen molar-refractivity contribution in [3.8, 4) is 0 Å². The first kappa shape index (κ1) is 13.9. The molecule has 1 fully saturated rings. The normalized spacial score (nSPS) is 19.5. The molecule has 104 valence electrons. The van der Waals surface area contributed by atoms with Gasteiger partial charge in [-0.25, -0.2) is 0 Å². The van der Waals surface area contributed by atoms with E-state index < -0.39 is 0 Å². The number of anilines is 2. The average Bonchev–Trinajstić information content (AvgIpc) is 2.80. The Kier molecular flexibility index (Phi) is 4.80. The fourth-order valence-corrected chi connectivity index (χ4v) is 2.67. The van der Waals surface area contributed by atoms with Crippen LogP contribution in [-0.2, 0) is 4.79 Å². The Morgan fingerprint density at radius 1 is 1.42 bits per heavy atom. The molecule has 1 aliphatic rings. The van der Waals surface area contributed by atoms with Crippen molar-refractivity contribution in [2.75, 3.05) is 30.7 Å². The van der Waals surface area contributed by atoms with Gasteiger partial charge in [0.15, 0.2) is 0 Å². The van der Waals surface area contributed by atoms with Gasteiger partial charge in [0.05, 0.1) is 6.54 Å². The number of nitrogen functional groups attached to an aromatic ring is 1. The zero-order chi connectivity index (χ0) is 13.7. The Labute approximate surface area is 115 Å². The number of likely N-dealkylation sites (tertiary alicyclic amines) is 1. The summed E-state index contributed by atoms with van der Waals surface area (Å²) in [4.78, 5) is 14.2. The first-order chi connectivity index (χ1) is 9.17. The van der Waals surface area contributed by atoms with Gasteiger partial charge in [-0.2, -0.15) is 0 Å². The van der Waals surface area contributed by atoms with Crippen LogP contribution in [0.1, 0.15) is 26.2 Å². The summed E-state index contributed by atoms with van der Waals surface area (Å²) < 4.78 is 0. The summed E-state index contributed by atoms with van der Waals surface area (Å²) >= 11 is 0. The van der Waals surface area contributed by atoms with Crippen molar-refractivity contribution in [1.29, 1.82) is 0 Å². The Bertz CT molecular complexity index is 416. The van der Waals surface area contributed by atoms with Gasteiger partial charge in [-0.05, 0) is 49.6 Å². The van der Waals surface area contributed by atoms with Gasteiger partial charge in [-0.3, -0.25) is 9.69 Å². The molecule has 1 aromatic carbocycles. The van der Waals surface area contributed by atoms with Gasteiger partial charge in [0.25, 0.3) is 0 Å². The quantitative estimate of drug-likeness (QED) is 0.800. The van der Waals surface area contributed by atoms with Crippen LogP contribution in [0.4, 0.5) is 11.4 Å². The number of nitrogens with one attached hydrogen (secondary N) is 1. The van der Waals surface area contributed by atoms with E-state index in [1.165, 1.54) is 19.3 Å². The molecule has 4 heteroatoms. The van der Waals surface area contributed by atoms with Gasteiger partial charge in [-0.15, -0.1) is 0 Å². The van der Waals surface area contributed by atoms with Crippen LogP contribution in [0, 0.1) is 5.92 Å². The number of hydrogen-bond acceptors (Lipinski definition) is 3. The lowest BCUT2D eigenvalue weighted by Crippen LogP contribution is -2.31. The minimum absolute atomic E-state index is 0.0573. The lowest BCUT2D eigenvalue weighted by Gasteiger charge is -2.15. The molecule has 1 atom stereocenters. The van der Waals surface area contributed by atoms with Gasteiger partial charge in [-0.1, -0.05) is 13.3 Å². The molecular formula is C15H23N3O. The summed E-state index contributed by atoms with van der Waals surface area (Å²) in [5.41, 5.74) is 7.13. The average molecular weight is 261 g/mol. The molecule has 3 N–H and O–H groups in total. The van der Waals surface area contributed by atoms with Gasteiger partial charge < -0.3 is 11.1 Å². The van der Waals surface area contributed by atoms with Crippen molar-refractivity contribution >= 4 is 17.3 Å². The molecule has 1 aliphatic heterocycles. The van der Waals surface area contributed by atoms with E-state index in [1.54, 1.807) is 12.1 Å². The second-order valence-electron chi connectivity index (χ2n) is 5.35. The Hall–Kier alpha value is -1.55. The number of hydrogen-bond donors (Lipinski definition) is 2. The number of nitrogens with two attached hydrogens (primary N) is 1. The molecular weight excluding hydrogens is 238 g/mol. The van der Waals surface area contributed by atoms with Crippen LogP contribution in [0.3, 0.4) is 0 Å². The van der Waals surface area contributed by atoms with E-state index in [4.69, 9.17) is 5.73 Å². The van der Waals surface area contributed by atoms with Crippen molar-refractivity contribution < 1.29 is 4.79 Å².